The van der Waals surface area contributed by atoms with Gasteiger partial charge in [0.15, 0.2) is 0 Å². The molecule has 1 heterocycles. The second kappa shape index (κ2) is 7.20. The van der Waals surface area contributed by atoms with Crippen molar-refractivity contribution >= 4 is 11.9 Å². The van der Waals surface area contributed by atoms with E-state index in [2.05, 4.69) is 10.3 Å². The molecule has 3 N–H and O–H groups in total. The molecule has 1 aromatic rings. The van der Waals surface area contributed by atoms with E-state index in [1.165, 1.54) is 0 Å². The molecule has 2 aliphatic rings. The van der Waals surface area contributed by atoms with E-state index >= 15 is 0 Å². The molecule has 1 aromatic heterocycles. The quantitative estimate of drug-likeness (QED) is 0.737. The van der Waals surface area contributed by atoms with Crippen LogP contribution < -0.4 is 10.9 Å². The summed E-state index contributed by atoms with van der Waals surface area (Å²) < 4.78 is 0. The molecule has 24 heavy (non-hydrogen) atoms. The lowest BCUT2D eigenvalue weighted by Gasteiger charge is -2.23. The Bertz CT molecular complexity index is 695. The summed E-state index contributed by atoms with van der Waals surface area (Å²) in [6, 6.07) is 1.28. The number of aryl methyl sites for hydroxylation is 2. The summed E-state index contributed by atoms with van der Waals surface area (Å²) in [7, 11) is 0. The van der Waals surface area contributed by atoms with Crippen LogP contribution in [0.2, 0.25) is 0 Å². The second-order valence-corrected chi connectivity index (χ2v) is 6.89. The monoisotopic (exact) mass is 332 g/mol. The lowest BCUT2D eigenvalue weighted by molar-refractivity contribution is -0.142. The van der Waals surface area contributed by atoms with Crippen LogP contribution in [0.5, 0.6) is 0 Å². The maximum absolute atomic E-state index is 12.6. The van der Waals surface area contributed by atoms with E-state index in [0.29, 0.717) is 12.8 Å². The van der Waals surface area contributed by atoms with Crippen molar-refractivity contribution in [3.63, 3.8) is 0 Å². The Hall–Kier alpha value is -2.11. The molecule has 2 aliphatic carbocycles. The van der Waals surface area contributed by atoms with Crippen molar-refractivity contribution < 1.29 is 14.7 Å². The number of rotatable bonds is 3. The number of carbonyl (C=O) groups excluding carboxylic acids is 1. The van der Waals surface area contributed by atoms with Gasteiger partial charge in [-0.05, 0) is 50.2 Å². The van der Waals surface area contributed by atoms with Gasteiger partial charge in [0.2, 0.25) is 0 Å². The number of nitrogens with one attached hydrogen (secondary N) is 2. The summed E-state index contributed by atoms with van der Waals surface area (Å²) in [5.74, 6) is -1.91. The Morgan fingerprint density at radius 3 is 2.62 bits per heavy atom. The molecule has 130 valence electrons. The minimum Gasteiger partial charge on any atom is -0.481 e. The number of carboxylic acids is 1. The highest BCUT2D eigenvalue weighted by Gasteiger charge is 2.31. The molecule has 6 nitrogen and oxygen atoms in total. The molecule has 0 saturated heterocycles. The molecule has 0 unspecified atom stereocenters. The minimum atomic E-state index is -0.874. The minimum absolute atomic E-state index is 0.101. The van der Waals surface area contributed by atoms with Crippen molar-refractivity contribution in [2.75, 3.05) is 0 Å². The largest absolute Gasteiger partial charge is 0.481 e. The summed E-state index contributed by atoms with van der Waals surface area (Å²) in [4.78, 5) is 39.1. The van der Waals surface area contributed by atoms with E-state index in [1.54, 1.807) is 6.07 Å². The molecule has 1 fully saturated rings. The molecule has 0 spiro atoms. The maximum atomic E-state index is 12.6. The number of fused-ring (bicyclic) bond motifs is 1. The lowest BCUT2D eigenvalue weighted by Crippen LogP contribution is -2.44. The lowest BCUT2D eigenvalue weighted by atomic mass is 9.93. The molecular weight excluding hydrogens is 308 g/mol. The fourth-order valence-electron chi connectivity index (χ4n) is 3.87. The molecule has 1 amide bonds. The summed E-state index contributed by atoms with van der Waals surface area (Å²) in [6.45, 7) is 0. The summed E-state index contributed by atoms with van der Waals surface area (Å²) in [6.07, 6.45) is 7.78. The number of aromatic nitrogens is 1. The average molecular weight is 332 g/mol. The number of H-pyrrole nitrogens is 1. The van der Waals surface area contributed by atoms with E-state index in [0.717, 1.165) is 56.2 Å². The Morgan fingerprint density at radius 1 is 1.08 bits per heavy atom. The molecule has 2 atom stereocenters. The number of hydrogen-bond donors (Lipinski definition) is 3. The van der Waals surface area contributed by atoms with Crippen LogP contribution in [0.1, 0.15) is 66.6 Å². The van der Waals surface area contributed by atoms with Crippen LogP contribution in [0.15, 0.2) is 10.9 Å². The van der Waals surface area contributed by atoms with E-state index in [4.69, 9.17) is 0 Å². The first-order valence-corrected chi connectivity index (χ1v) is 8.85. The number of amides is 1. The molecule has 3 rings (SSSR count). The molecule has 0 radical (unpaired) electrons. The molecule has 1 saturated carbocycles. The van der Waals surface area contributed by atoms with Crippen LogP contribution in [0.25, 0.3) is 0 Å². The van der Waals surface area contributed by atoms with Crippen molar-refractivity contribution in [2.45, 2.75) is 63.8 Å². The third-order valence-electron chi connectivity index (χ3n) is 5.23. The number of hydrogen-bond acceptors (Lipinski definition) is 3. The Kier molecular flexibility index (Phi) is 5.02. The predicted molar refractivity (Wildman–Crippen MR) is 89.2 cm³/mol. The zero-order valence-electron chi connectivity index (χ0n) is 13.8. The highest BCUT2D eigenvalue weighted by molar-refractivity contribution is 5.94. The van der Waals surface area contributed by atoms with E-state index in [9.17, 15) is 19.5 Å². The Labute approximate surface area is 140 Å². The molecule has 6 heteroatoms. The van der Waals surface area contributed by atoms with E-state index < -0.39 is 23.8 Å². The van der Waals surface area contributed by atoms with Crippen molar-refractivity contribution in [1.29, 1.82) is 0 Å². The fraction of sp³-hybridized carbons (Fsp3) is 0.611. The van der Waals surface area contributed by atoms with Gasteiger partial charge in [0.05, 0.1) is 5.92 Å². The summed E-state index contributed by atoms with van der Waals surface area (Å²) in [5.41, 5.74) is 1.68. The first-order chi connectivity index (χ1) is 11.6. The smallest absolute Gasteiger partial charge is 0.308 e. The van der Waals surface area contributed by atoms with Gasteiger partial charge in [-0.1, -0.05) is 19.3 Å². The topological polar surface area (TPSA) is 99.3 Å². The van der Waals surface area contributed by atoms with Gasteiger partial charge in [0, 0.05) is 11.7 Å². The van der Waals surface area contributed by atoms with Crippen LogP contribution >= 0.6 is 0 Å². The second-order valence-electron chi connectivity index (χ2n) is 6.89. The number of carbonyl (C=O) groups is 2. The van der Waals surface area contributed by atoms with Crippen LogP contribution in [-0.2, 0) is 17.6 Å². The van der Waals surface area contributed by atoms with Crippen LogP contribution in [0, 0.1) is 5.92 Å². The zero-order valence-corrected chi connectivity index (χ0v) is 13.8. The van der Waals surface area contributed by atoms with Gasteiger partial charge in [0.25, 0.3) is 11.5 Å². The van der Waals surface area contributed by atoms with Crippen LogP contribution in [0.3, 0.4) is 0 Å². The third-order valence-corrected chi connectivity index (χ3v) is 5.23. The summed E-state index contributed by atoms with van der Waals surface area (Å²) in [5, 5.41) is 12.2. The maximum Gasteiger partial charge on any atom is 0.308 e. The average Bonchev–Trinajstić information content (AvgIpc) is 2.79. The van der Waals surface area contributed by atoms with Gasteiger partial charge in [0.1, 0.15) is 5.56 Å². The number of pyridine rings is 1. The SMILES string of the molecule is O=C(N[C@H]1CCCCC[C@H]1C(=O)O)c1cc2c([nH]c1=O)CCCC2. The van der Waals surface area contributed by atoms with E-state index in [1.807, 2.05) is 0 Å². The zero-order chi connectivity index (χ0) is 17.1. The molecule has 0 bridgehead atoms. The van der Waals surface area contributed by atoms with Gasteiger partial charge >= 0.3 is 5.97 Å². The Morgan fingerprint density at radius 2 is 1.83 bits per heavy atom. The van der Waals surface area contributed by atoms with Gasteiger partial charge in [-0.15, -0.1) is 0 Å². The first kappa shape index (κ1) is 16.7. The molecular formula is C18H24N2O4. The predicted octanol–water partition coefficient (Wildman–Crippen LogP) is 2.02. The van der Waals surface area contributed by atoms with E-state index in [-0.39, 0.29) is 11.1 Å². The highest BCUT2D eigenvalue weighted by Crippen LogP contribution is 2.24. The normalized spacial score (nSPS) is 23.8. The first-order valence-electron chi connectivity index (χ1n) is 8.85. The molecule has 0 aromatic carbocycles. The standard InChI is InChI=1S/C18H24N2O4/c21-16-13(10-11-6-4-5-8-14(11)19-16)17(22)20-15-9-3-1-2-7-12(15)18(23)24/h10,12,15H,1-9H2,(H,19,21)(H,20,22)(H,23,24)/t12-,15+/m1/s1. The van der Waals surface area contributed by atoms with Crippen molar-refractivity contribution in [1.82, 2.24) is 10.3 Å². The van der Waals surface area contributed by atoms with Gasteiger partial charge in [-0.25, -0.2) is 0 Å². The van der Waals surface area contributed by atoms with Crippen molar-refractivity contribution in [3.05, 3.63) is 33.2 Å². The van der Waals surface area contributed by atoms with Crippen molar-refractivity contribution in [2.24, 2.45) is 5.92 Å². The highest BCUT2D eigenvalue weighted by atomic mass is 16.4. The summed E-state index contributed by atoms with van der Waals surface area (Å²) >= 11 is 0. The van der Waals surface area contributed by atoms with Gasteiger partial charge in [-0.2, -0.15) is 0 Å². The molecule has 0 aliphatic heterocycles. The Balaban J connectivity index is 1.81. The van der Waals surface area contributed by atoms with Crippen LogP contribution in [-0.4, -0.2) is 28.0 Å². The van der Waals surface area contributed by atoms with Gasteiger partial charge in [-0.3, -0.25) is 14.4 Å². The number of aliphatic carboxylic acids is 1. The van der Waals surface area contributed by atoms with Gasteiger partial charge < -0.3 is 15.4 Å². The van der Waals surface area contributed by atoms with Crippen LogP contribution in [0.4, 0.5) is 0 Å². The fourth-order valence-corrected chi connectivity index (χ4v) is 3.87. The third kappa shape index (κ3) is 3.52. The van der Waals surface area contributed by atoms with Crippen molar-refractivity contribution in [3.8, 4) is 0 Å². The number of carboxylic acid groups (broad SMARTS) is 1. The number of aromatic amines is 1.